The fourth-order valence-electron chi connectivity index (χ4n) is 1.65. The first-order valence-electron chi connectivity index (χ1n) is 6.37. The molecule has 0 saturated carbocycles. The maximum atomic E-state index is 13.3. The number of benzene rings is 2. The third kappa shape index (κ3) is 4.02. The maximum absolute atomic E-state index is 13.3. The van der Waals surface area contributed by atoms with E-state index in [0.29, 0.717) is 0 Å². The van der Waals surface area contributed by atoms with Crippen LogP contribution in [0.3, 0.4) is 0 Å². The summed E-state index contributed by atoms with van der Waals surface area (Å²) in [5, 5.41) is 10.5. The zero-order valence-electron chi connectivity index (χ0n) is 11.4. The Labute approximate surface area is 125 Å². The van der Waals surface area contributed by atoms with Crippen molar-refractivity contribution in [3.63, 3.8) is 0 Å². The molecule has 114 valence electrons. The SMILES string of the molecule is O=C(OCCOc1ccccc1F)c1ccc([N+](=O)[O-])cc1. The van der Waals surface area contributed by atoms with Gasteiger partial charge in [0.2, 0.25) is 0 Å². The van der Waals surface area contributed by atoms with Gasteiger partial charge in [-0.15, -0.1) is 0 Å². The monoisotopic (exact) mass is 305 g/mol. The van der Waals surface area contributed by atoms with Crippen LogP contribution in [0, 0.1) is 15.9 Å². The molecule has 0 N–H and O–H groups in total. The van der Waals surface area contributed by atoms with Crippen LogP contribution in [0.15, 0.2) is 48.5 Å². The van der Waals surface area contributed by atoms with Crippen molar-refractivity contribution in [1.29, 1.82) is 0 Å². The van der Waals surface area contributed by atoms with Crippen LogP contribution >= 0.6 is 0 Å². The van der Waals surface area contributed by atoms with E-state index in [1.165, 1.54) is 42.5 Å². The van der Waals surface area contributed by atoms with E-state index in [1.807, 2.05) is 0 Å². The number of hydrogen-bond acceptors (Lipinski definition) is 5. The van der Waals surface area contributed by atoms with Crippen LogP contribution < -0.4 is 4.74 Å². The average Bonchev–Trinajstić information content (AvgIpc) is 2.53. The number of hydrogen-bond donors (Lipinski definition) is 0. The Morgan fingerprint density at radius 2 is 1.77 bits per heavy atom. The number of halogens is 1. The predicted octanol–water partition coefficient (Wildman–Crippen LogP) is 2.97. The summed E-state index contributed by atoms with van der Waals surface area (Å²) < 4.78 is 23.3. The van der Waals surface area contributed by atoms with Gasteiger partial charge in [-0.1, -0.05) is 12.1 Å². The molecule has 2 aromatic carbocycles. The van der Waals surface area contributed by atoms with E-state index in [0.717, 1.165) is 0 Å². The van der Waals surface area contributed by atoms with Crippen LogP contribution in [-0.4, -0.2) is 24.1 Å². The number of rotatable bonds is 6. The first-order chi connectivity index (χ1) is 10.6. The smallest absolute Gasteiger partial charge is 0.338 e. The molecule has 6 nitrogen and oxygen atoms in total. The predicted molar refractivity (Wildman–Crippen MR) is 75.3 cm³/mol. The zero-order chi connectivity index (χ0) is 15.9. The van der Waals surface area contributed by atoms with Gasteiger partial charge in [-0.25, -0.2) is 9.18 Å². The maximum Gasteiger partial charge on any atom is 0.338 e. The Hall–Kier alpha value is -2.96. The van der Waals surface area contributed by atoms with Crippen LogP contribution in [0.25, 0.3) is 0 Å². The minimum atomic E-state index is -0.632. The largest absolute Gasteiger partial charge is 0.487 e. The summed E-state index contributed by atoms with van der Waals surface area (Å²) in [4.78, 5) is 21.6. The molecule has 0 aliphatic carbocycles. The van der Waals surface area contributed by atoms with Gasteiger partial charge in [0.15, 0.2) is 11.6 Å². The van der Waals surface area contributed by atoms with Crippen molar-refractivity contribution in [3.05, 3.63) is 70.0 Å². The molecule has 0 bridgehead atoms. The highest BCUT2D eigenvalue weighted by molar-refractivity contribution is 5.89. The standard InChI is InChI=1S/C15H12FNO5/c16-13-3-1-2-4-14(13)21-9-10-22-15(18)11-5-7-12(8-6-11)17(19)20/h1-8H,9-10H2. The third-order valence-electron chi connectivity index (χ3n) is 2.72. The first-order valence-corrected chi connectivity index (χ1v) is 6.37. The average molecular weight is 305 g/mol. The number of carbonyl (C=O) groups excluding carboxylic acids is 1. The molecule has 2 aromatic rings. The molecule has 0 aliphatic heterocycles. The molecule has 0 saturated heterocycles. The Bertz CT molecular complexity index is 672. The molecule has 0 fully saturated rings. The van der Waals surface area contributed by atoms with Gasteiger partial charge >= 0.3 is 5.97 Å². The molecule has 0 aromatic heterocycles. The molecule has 7 heteroatoms. The normalized spacial score (nSPS) is 10.0. The van der Waals surface area contributed by atoms with Gasteiger partial charge < -0.3 is 9.47 Å². The highest BCUT2D eigenvalue weighted by Crippen LogP contribution is 2.15. The van der Waals surface area contributed by atoms with E-state index in [2.05, 4.69) is 0 Å². The quantitative estimate of drug-likeness (QED) is 0.355. The number of nitro benzene ring substituents is 1. The van der Waals surface area contributed by atoms with Gasteiger partial charge in [0.1, 0.15) is 13.2 Å². The van der Waals surface area contributed by atoms with E-state index >= 15 is 0 Å². The van der Waals surface area contributed by atoms with E-state index in [1.54, 1.807) is 6.07 Å². The fraction of sp³-hybridized carbons (Fsp3) is 0.133. The second kappa shape index (κ2) is 7.16. The second-order valence-corrected chi connectivity index (χ2v) is 4.22. The summed E-state index contributed by atoms with van der Waals surface area (Å²) in [7, 11) is 0. The molecule has 0 aliphatic rings. The topological polar surface area (TPSA) is 78.7 Å². The molecular weight excluding hydrogens is 293 g/mol. The van der Waals surface area contributed by atoms with Crippen molar-refractivity contribution in [2.75, 3.05) is 13.2 Å². The minimum Gasteiger partial charge on any atom is -0.487 e. The minimum absolute atomic E-state index is 0.000343. The third-order valence-corrected chi connectivity index (χ3v) is 2.72. The van der Waals surface area contributed by atoms with E-state index in [-0.39, 0.29) is 30.2 Å². The highest BCUT2D eigenvalue weighted by Gasteiger charge is 2.10. The molecule has 0 atom stereocenters. The Morgan fingerprint density at radius 3 is 2.41 bits per heavy atom. The van der Waals surface area contributed by atoms with Crippen LogP contribution in [0.2, 0.25) is 0 Å². The van der Waals surface area contributed by atoms with Crippen LogP contribution in [-0.2, 0) is 4.74 Å². The zero-order valence-corrected chi connectivity index (χ0v) is 11.4. The number of para-hydroxylation sites is 1. The molecule has 2 rings (SSSR count). The van der Waals surface area contributed by atoms with Crippen molar-refractivity contribution >= 4 is 11.7 Å². The summed E-state index contributed by atoms with van der Waals surface area (Å²) in [6, 6.07) is 10.9. The van der Waals surface area contributed by atoms with E-state index < -0.39 is 16.7 Å². The van der Waals surface area contributed by atoms with Crippen LogP contribution in [0.1, 0.15) is 10.4 Å². The molecule has 0 heterocycles. The molecule has 0 amide bonds. The lowest BCUT2D eigenvalue weighted by Gasteiger charge is -2.08. The van der Waals surface area contributed by atoms with Crippen molar-refractivity contribution in [1.82, 2.24) is 0 Å². The van der Waals surface area contributed by atoms with Crippen molar-refractivity contribution in [2.45, 2.75) is 0 Å². The van der Waals surface area contributed by atoms with Crippen LogP contribution in [0.5, 0.6) is 5.75 Å². The summed E-state index contributed by atoms with van der Waals surface area (Å²) in [5.74, 6) is -1.05. The number of non-ortho nitro benzene ring substituents is 1. The van der Waals surface area contributed by atoms with Crippen molar-refractivity contribution in [2.24, 2.45) is 0 Å². The lowest BCUT2D eigenvalue weighted by Crippen LogP contribution is -2.12. The van der Waals surface area contributed by atoms with Crippen LogP contribution in [0.4, 0.5) is 10.1 Å². The van der Waals surface area contributed by atoms with E-state index in [9.17, 15) is 19.3 Å². The summed E-state index contributed by atoms with van der Waals surface area (Å²) in [5.41, 5.74) is 0.0796. The summed E-state index contributed by atoms with van der Waals surface area (Å²) >= 11 is 0. The van der Waals surface area contributed by atoms with Gasteiger partial charge in [0.05, 0.1) is 10.5 Å². The number of nitrogens with zero attached hydrogens (tertiary/aromatic N) is 1. The molecule has 22 heavy (non-hydrogen) atoms. The summed E-state index contributed by atoms with van der Waals surface area (Å²) in [6.45, 7) is -0.0657. The lowest BCUT2D eigenvalue weighted by atomic mass is 10.2. The number of ether oxygens (including phenoxy) is 2. The fourth-order valence-corrected chi connectivity index (χ4v) is 1.65. The van der Waals surface area contributed by atoms with E-state index in [4.69, 9.17) is 9.47 Å². The van der Waals surface area contributed by atoms with Gasteiger partial charge in [-0.05, 0) is 24.3 Å². The molecule has 0 unspecified atom stereocenters. The van der Waals surface area contributed by atoms with Gasteiger partial charge in [0.25, 0.3) is 5.69 Å². The Morgan fingerprint density at radius 1 is 1.09 bits per heavy atom. The Kier molecular flexibility index (Phi) is 5.02. The highest BCUT2D eigenvalue weighted by atomic mass is 19.1. The van der Waals surface area contributed by atoms with Gasteiger partial charge in [0, 0.05) is 12.1 Å². The first kappa shape index (κ1) is 15.4. The molecule has 0 spiro atoms. The van der Waals surface area contributed by atoms with Crippen molar-refractivity contribution < 1.29 is 23.6 Å². The number of esters is 1. The number of carbonyl (C=O) groups is 1. The molecular formula is C15H12FNO5. The lowest BCUT2D eigenvalue weighted by molar-refractivity contribution is -0.384. The van der Waals surface area contributed by atoms with Crippen molar-refractivity contribution in [3.8, 4) is 5.75 Å². The van der Waals surface area contributed by atoms with Gasteiger partial charge in [-0.2, -0.15) is 0 Å². The second-order valence-electron chi connectivity index (χ2n) is 4.22. The van der Waals surface area contributed by atoms with Gasteiger partial charge in [-0.3, -0.25) is 10.1 Å². The summed E-state index contributed by atoms with van der Waals surface area (Å²) in [6.07, 6.45) is 0. The Balaban J connectivity index is 1.80. The molecule has 0 radical (unpaired) electrons. The number of nitro groups is 1.